The van der Waals surface area contributed by atoms with Crippen molar-refractivity contribution in [2.45, 2.75) is 51.4 Å². The highest BCUT2D eigenvalue weighted by molar-refractivity contribution is 5.62. The van der Waals surface area contributed by atoms with Gasteiger partial charge in [-0.05, 0) is 26.2 Å². The second-order valence-corrected chi connectivity index (χ2v) is 4.97. The van der Waals surface area contributed by atoms with Gasteiger partial charge in [0.05, 0.1) is 4.92 Å². The van der Waals surface area contributed by atoms with Gasteiger partial charge in [-0.3, -0.25) is 10.1 Å². The van der Waals surface area contributed by atoms with E-state index in [9.17, 15) is 23.3 Å². The molecule has 0 atom stereocenters. The van der Waals surface area contributed by atoms with Gasteiger partial charge in [-0.1, -0.05) is 6.92 Å². The molecular formula is C11H15F3N4O2. The van der Waals surface area contributed by atoms with Crippen LogP contribution in [0.15, 0.2) is 0 Å². The Morgan fingerprint density at radius 1 is 1.50 bits per heavy atom. The quantitative estimate of drug-likeness (QED) is 0.668. The summed E-state index contributed by atoms with van der Waals surface area (Å²) >= 11 is 0. The first kappa shape index (κ1) is 14.6. The molecule has 0 aromatic carbocycles. The van der Waals surface area contributed by atoms with Crippen LogP contribution < -0.4 is 5.32 Å². The van der Waals surface area contributed by atoms with E-state index in [2.05, 4.69) is 10.4 Å². The average molecular weight is 292 g/mol. The van der Waals surface area contributed by atoms with Crippen molar-refractivity contribution in [1.29, 1.82) is 0 Å². The molecule has 112 valence electrons. The molecule has 0 saturated heterocycles. The number of nitro groups is 1. The lowest BCUT2D eigenvalue weighted by Gasteiger charge is -2.21. The van der Waals surface area contributed by atoms with E-state index < -0.39 is 16.6 Å². The number of hydrogen-bond acceptors (Lipinski definition) is 4. The van der Waals surface area contributed by atoms with Crippen LogP contribution in [0.2, 0.25) is 0 Å². The number of halogens is 3. The Morgan fingerprint density at radius 3 is 2.50 bits per heavy atom. The second-order valence-electron chi connectivity index (χ2n) is 4.97. The van der Waals surface area contributed by atoms with Gasteiger partial charge >= 0.3 is 11.9 Å². The molecule has 0 bridgehead atoms. The largest absolute Gasteiger partial charge is 0.411 e. The van der Waals surface area contributed by atoms with Crippen molar-refractivity contribution in [3.05, 3.63) is 15.8 Å². The van der Waals surface area contributed by atoms with Gasteiger partial charge in [0.25, 0.3) is 0 Å². The normalized spacial score (nSPS) is 17.1. The number of aryl methyl sites for hydroxylation is 2. The zero-order valence-electron chi connectivity index (χ0n) is 11.1. The molecule has 1 aromatic heterocycles. The summed E-state index contributed by atoms with van der Waals surface area (Å²) in [5, 5.41) is 17.3. The molecule has 9 heteroatoms. The lowest BCUT2D eigenvalue weighted by atomic mass is 10.2. The summed E-state index contributed by atoms with van der Waals surface area (Å²) in [6.45, 7) is 3.57. The van der Waals surface area contributed by atoms with Gasteiger partial charge in [0.1, 0.15) is 11.2 Å². The molecular weight excluding hydrogens is 277 g/mol. The smallest absolute Gasteiger partial charge is 0.351 e. The minimum absolute atomic E-state index is 0.0794. The first-order chi connectivity index (χ1) is 9.22. The Balaban J connectivity index is 2.42. The van der Waals surface area contributed by atoms with Crippen LogP contribution in [0.3, 0.4) is 0 Å². The summed E-state index contributed by atoms with van der Waals surface area (Å²) in [5.74, 6) is -0.149. The molecule has 1 aromatic rings. The fourth-order valence-electron chi connectivity index (χ4n) is 2.12. The fraction of sp³-hybridized carbons (Fsp3) is 0.727. The lowest BCUT2D eigenvalue weighted by Crippen LogP contribution is -2.39. The number of anilines is 1. The van der Waals surface area contributed by atoms with E-state index in [1.807, 2.05) is 6.92 Å². The Kier molecular flexibility index (Phi) is 3.39. The number of aromatic nitrogens is 2. The maximum atomic E-state index is 13.0. The van der Waals surface area contributed by atoms with E-state index in [0.29, 0.717) is 13.0 Å². The highest BCUT2D eigenvalue weighted by Gasteiger charge is 2.64. The van der Waals surface area contributed by atoms with Crippen LogP contribution >= 0.6 is 0 Å². The van der Waals surface area contributed by atoms with Crippen LogP contribution in [0.1, 0.15) is 31.9 Å². The first-order valence-electron chi connectivity index (χ1n) is 6.28. The molecule has 1 N–H and O–H groups in total. The van der Waals surface area contributed by atoms with Gasteiger partial charge in [0.15, 0.2) is 0 Å². The molecule has 1 aliphatic rings. The van der Waals surface area contributed by atoms with Crippen molar-refractivity contribution in [2.24, 2.45) is 0 Å². The predicted molar refractivity (Wildman–Crippen MR) is 65.6 cm³/mol. The summed E-state index contributed by atoms with van der Waals surface area (Å²) in [7, 11) is 0. The van der Waals surface area contributed by atoms with Crippen molar-refractivity contribution in [3.63, 3.8) is 0 Å². The third-order valence-electron chi connectivity index (χ3n) is 3.36. The lowest BCUT2D eigenvalue weighted by molar-refractivity contribution is -0.384. The van der Waals surface area contributed by atoms with Crippen molar-refractivity contribution in [1.82, 2.24) is 9.78 Å². The van der Waals surface area contributed by atoms with E-state index >= 15 is 0 Å². The van der Waals surface area contributed by atoms with Crippen LogP contribution in [0, 0.1) is 17.0 Å². The van der Waals surface area contributed by atoms with Crippen LogP contribution in [0.4, 0.5) is 24.7 Å². The van der Waals surface area contributed by atoms with Crippen molar-refractivity contribution < 1.29 is 18.1 Å². The fourth-order valence-corrected chi connectivity index (χ4v) is 2.12. The molecule has 1 heterocycles. The van der Waals surface area contributed by atoms with Crippen LogP contribution in [0.5, 0.6) is 0 Å². The van der Waals surface area contributed by atoms with E-state index in [0.717, 1.165) is 0 Å². The van der Waals surface area contributed by atoms with Gasteiger partial charge in [-0.25, -0.2) is 4.68 Å². The number of nitrogens with zero attached hydrogens (tertiary/aromatic N) is 3. The number of hydrogen-bond donors (Lipinski definition) is 1. The average Bonchev–Trinajstić information content (AvgIpc) is 3.01. The Labute approximate surface area is 113 Å². The monoisotopic (exact) mass is 292 g/mol. The summed E-state index contributed by atoms with van der Waals surface area (Å²) in [5.41, 5.74) is -2.31. The second kappa shape index (κ2) is 4.64. The molecule has 0 radical (unpaired) electrons. The zero-order chi connectivity index (χ0) is 15.1. The number of nitrogens with one attached hydrogen (secondary N) is 1. The van der Waals surface area contributed by atoms with E-state index in [4.69, 9.17) is 0 Å². The summed E-state index contributed by atoms with van der Waals surface area (Å²) in [6, 6.07) is 0. The highest BCUT2D eigenvalue weighted by Crippen LogP contribution is 2.52. The van der Waals surface area contributed by atoms with E-state index in [1.165, 1.54) is 11.6 Å². The first-order valence-corrected chi connectivity index (χ1v) is 6.28. The summed E-state index contributed by atoms with van der Waals surface area (Å²) < 4.78 is 40.2. The predicted octanol–water partition coefficient (Wildman–Crippen LogP) is 3.02. The third-order valence-corrected chi connectivity index (χ3v) is 3.36. The standard InChI is InChI=1S/C11H15F3N4O2/c1-3-6-17-9(8(18(19)20)7(2)16-17)15-10(4-5-10)11(12,13)14/h15H,3-6H2,1-2H3. The summed E-state index contributed by atoms with van der Waals surface area (Å²) in [4.78, 5) is 10.4. The van der Waals surface area contributed by atoms with Gasteiger partial charge < -0.3 is 5.32 Å². The maximum Gasteiger partial charge on any atom is 0.411 e. The minimum Gasteiger partial charge on any atom is -0.351 e. The van der Waals surface area contributed by atoms with Crippen LogP contribution in [-0.4, -0.2) is 26.4 Å². The maximum absolute atomic E-state index is 13.0. The van der Waals surface area contributed by atoms with Crippen molar-refractivity contribution in [3.8, 4) is 0 Å². The molecule has 6 nitrogen and oxygen atoms in total. The summed E-state index contributed by atoms with van der Waals surface area (Å²) in [6.07, 6.45) is -3.98. The van der Waals surface area contributed by atoms with Gasteiger partial charge in [-0.2, -0.15) is 18.3 Å². The van der Waals surface area contributed by atoms with Gasteiger partial charge in [0, 0.05) is 6.54 Å². The molecule has 1 saturated carbocycles. The van der Waals surface area contributed by atoms with Crippen molar-refractivity contribution in [2.75, 3.05) is 5.32 Å². The third kappa shape index (κ3) is 2.32. The topological polar surface area (TPSA) is 73.0 Å². The highest BCUT2D eigenvalue weighted by atomic mass is 19.4. The SMILES string of the molecule is CCCn1nc(C)c([N+](=O)[O-])c1NC1(C(F)(F)F)CC1. The molecule has 1 fully saturated rings. The number of rotatable bonds is 5. The van der Waals surface area contributed by atoms with Gasteiger partial charge in [0.2, 0.25) is 5.82 Å². The molecule has 20 heavy (non-hydrogen) atoms. The van der Waals surface area contributed by atoms with Gasteiger partial charge in [-0.15, -0.1) is 0 Å². The molecule has 0 spiro atoms. The minimum atomic E-state index is -4.43. The molecule has 0 amide bonds. The van der Waals surface area contributed by atoms with Crippen LogP contribution in [0.25, 0.3) is 0 Å². The Morgan fingerprint density at radius 2 is 2.10 bits per heavy atom. The molecule has 0 unspecified atom stereocenters. The Bertz CT molecular complexity index is 535. The zero-order valence-corrected chi connectivity index (χ0v) is 11.1. The van der Waals surface area contributed by atoms with E-state index in [1.54, 1.807) is 0 Å². The van der Waals surface area contributed by atoms with Crippen molar-refractivity contribution >= 4 is 11.5 Å². The van der Waals surface area contributed by atoms with Crippen LogP contribution in [-0.2, 0) is 6.54 Å². The molecule has 0 aliphatic heterocycles. The molecule has 2 rings (SSSR count). The van der Waals surface area contributed by atoms with E-state index in [-0.39, 0.29) is 30.0 Å². The number of alkyl halides is 3. The molecule has 1 aliphatic carbocycles. The Hall–Kier alpha value is -1.80.